The smallest absolute Gasteiger partial charge is 0.184 e. The summed E-state index contributed by atoms with van der Waals surface area (Å²) < 4.78 is 0.595. The number of aromatic nitrogens is 1. The molecule has 0 aliphatic carbocycles. The van der Waals surface area contributed by atoms with Crippen LogP contribution in [0.2, 0.25) is 4.47 Å². The summed E-state index contributed by atoms with van der Waals surface area (Å²) in [6.45, 7) is 4.39. The van der Waals surface area contributed by atoms with Crippen LogP contribution in [0.25, 0.3) is 10.4 Å². The lowest BCUT2D eigenvalue weighted by molar-refractivity contribution is 0.867. The zero-order valence-electron chi connectivity index (χ0n) is 8.70. The average Bonchev–Trinajstić information content (AvgIpc) is 2.65. The maximum atomic E-state index is 5.80. The lowest BCUT2D eigenvalue weighted by atomic mass is 10.0. The molecule has 0 aliphatic heterocycles. The highest BCUT2D eigenvalue weighted by Crippen LogP contribution is 2.29. The number of rotatable bonds is 2. The van der Waals surface area contributed by atoms with Gasteiger partial charge in [0.2, 0.25) is 0 Å². The van der Waals surface area contributed by atoms with Crippen molar-refractivity contribution in [3.8, 4) is 10.4 Å². The summed E-state index contributed by atoms with van der Waals surface area (Å²) in [7, 11) is 0. The van der Waals surface area contributed by atoms with Crippen LogP contribution in [0.3, 0.4) is 0 Å². The number of benzene rings is 1. The fourth-order valence-corrected chi connectivity index (χ4v) is 2.36. The van der Waals surface area contributed by atoms with Crippen LogP contribution in [0.15, 0.2) is 30.5 Å². The van der Waals surface area contributed by atoms with Crippen LogP contribution in [-0.4, -0.2) is 4.98 Å². The van der Waals surface area contributed by atoms with Gasteiger partial charge >= 0.3 is 0 Å². The first-order chi connectivity index (χ1) is 7.16. The summed E-state index contributed by atoms with van der Waals surface area (Å²) >= 11 is 7.31. The first-order valence-corrected chi connectivity index (χ1v) is 6.08. The summed E-state index contributed by atoms with van der Waals surface area (Å²) in [6, 6.07) is 8.57. The Kier molecular flexibility index (Phi) is 3.08. The molecule has 1 aromatic heterocycles. The van der Waals surface area contributed by atoms with E-state index in [1.54, 1.807) is 0 Å². The van der Waals surface area contributed by atoms with Crippen LogP contribution in [0, 0.1) is 0 Å². The van der Waals surface area contributed by atoms with E-state index in [-0.39, 0.29) is 0 Å². The van der Waals surface area contributed by atoms with E-state index < -0.39 is 0 Å². The summed E-state index contributed by atoms with van der Waals surface area (Å²) in [5.74, 6) is 0.573. The van der Waals surface area contributed by atoms with Gasteiger partial charge < -0.3 is 0 Å². The van der Waals surface area contributed by atoms with E-state index in [0.717, 1.165) is 4.88 Å². The first kappa shape index (κ1) is 10.7. The molecular weight excluding hydrogens is 226 g/mol. The molecule has 2 rings (SSSR count). The predicted octanol–water partition coefficient (Wildman–Crippen LogP) is 4.59. The van der Waals surface area contributed by atoms with E-state index in [0.29, 0.717) is 10.4 Å². The molecule has 0 saturated heterocycles. The Morgan fingerprint density at radius 2 is 1.87 bits per heavy atom. The number of halogens is 1. The molecule has 0 saturated carbocycles. The Morgan fingerprint density at radius 1 is 1.20 bits per heavy atom. The zero-order valence-corrected chi connectivity index (χ0v) is 10.3. The molecular formula is C12H12ClNS. The minimum absolute atomic E-state index is 0.573. The van der Waals surface area contributed by atoms with E-state index in [1.807, 2.05) is 6.20 Å². The SMILES string of the molecule is CC(C)c1ccc(-c2cnc(Cl)s2)cc1. The van der Waals surface area contributed by atoms with Crippen molar-refractivity contribution in [2.24, 2.45) is 0 Å². The van der Waals surface area contributed by atoms with Gasteiger partial charge in [0.05, 0.1) is 4.88 Å². The van der Waals surface area contributed by atoms with Crippen LogP contribution >= 0.6 is 22.9 Å². The third kappa shape index (κ3) is 2.39. The van der Waals surface area contributed by atoms with Crippen molar-refractivity contribution < 1.29 is 0 Å². The molecule has 0 unspecified atom stereocenters. The van der Waals surface area contributed by atoms with E-state index in [2.05, 4.69) is 43.1 Å². The molecule has 0 spiro atoms. The van der Waals surface area contributed by atoms with Crippen molar-refractivity contribution in [1.82, 2.24) is 4.98 Å². The van der Waals surface area contributed by atoms with Crippen molar-refractivity contribution in [3.05, 3.63) is 40.5 Å². The quantitative estimate of drug-likeness (QED) is 0.745. The Hall–Kier alpha value is -0.860. The van der Waals surface area contributed by atoms with Gasteiger partial charge in [-0.3, -0.25) is 0 Å². The Morgan fingerprint density at radius 3 is 2.33 bits per heavy atom. The molecule has 1 aromatic carbocycles. The third-order valence-electron chi connectivity index (χ3n) is 2.34. The molecule has 2 aromatic rings. The monoisotopic (exact) mass is 237 g/mol. The molecule has 78 valence electrons. The van der Waals surface area contributed by atoms with Gasteiger partial charge in [-0.25, -0.2) is 4.98 Å². The zero-order chi connectivity index (χ0) is 10.8. The summed E-state index contributed by atoms with van der Waals surface area (Å²) in [6.07, 6.45) is 1.82. The fourth-order valence-electron chi connectivity index (χ4n) is 1.42. The molecule has 0 bridgehead atoms. The van der Waals surface area contributed by atoms with E-state index in [1.165, 1.54) is 22.5 Å². The predicted molar refractivity (Wildman–Crippen MR) is 66.6 cm³/mol. The highest BCUT2D eigenvalue weighted by molar-refractivity contribution is 7.18. The highest BCUT2D eigenvalue weighted by atomic mass is 35.5. The van der Waals surface area contributed by atoms with Crippen molar-refractivity contribution in [1.29, 1.82) is 0 Å². The lowest BCUT2D eigenvalue weighted by Crippen LogP contribution is -1.85. The van der Waals surface area contributed by atoms with Crippen LogP contribution in [0.4, 0.5) is 0 Å². The number of hydrogen-bond donors (Lipinski definition) is 0. The van der Waals surface area contributed by atoms with E-state index in [4.69, 9.17) is 11.6 Å². The third-order valence-corrected chi connectivity index (χ3v) is 3.50. The second-order valence-corrected chi connectivity index (χ2v) is 5.37. The van der Waals surface area contributed by atoms with Gasteiger partial charge in [-0.2, -0.15) is 0 Å². The van der Waals surface area contributed by atoms with Crippen molar-refractivity contribution in [2.75, 3.05) is 0 Å². The molecule has 1 nitrogen and oxygen atoms in total. The maximum absolute atomic E-state index is 5.80. The standard InChI is InChI=1S/C12H12ClNS/c1-8(2)9-3-5-10(6-4-9)11-7-14-12(13)15-11/h3-8H,1-2H3. The molecule has 0 fully saturated rings. The van der Waals surface area contributed by atoms with Gasteiger partial charge in [0, 0.05) is 6.20 Å². The van der Waals surface area contributed by atoms with Gasteiger partial charge in [0.15, 0.2) is 4.47 Å². The first-order valence-electron chi connectivity index (χ1n) is 4.88. The number of nitrogens with zero attached hydrogens (tertiary/aromatic N) is 1. The van der Waals surface area contributed by atoms with Gasteiger partial charge in [0.25, 0.3) is 0 Å². The molecule has 3 heteroatoms. The highest BCUT2D eigenvalue weighted by Gasteiger charge is 2.03. The normalized spacial score (nSPS) is 10.9. The van der Waals surface area contributed by atoms with Crippen molar-refractivity contribution in [2.45, 2.75) is 19.8 Å². The second kappa shape index (κ2) is 4.33. The van der Waals surface area contributed by atoms with E-state index in [9.17, 15) is 0 Å². The van der Waals surface area contributed by atoms with Crippen LogP contribution in [-0.2, 0) is 0 Å². The molecule has 1 heterocycles. The minimum Gasteiger partial charge on any atom is -0.233 e. The number of hydrogen-bond acceptors (Lipinski definition) is 2. The largest absolute Gasteiger partial charge is 0.233 e. The fraction of sp³-hybridized carbons (Fsp3) is 0.250. The Balaban J connectivity index is 2.31. The van der Waals surface area contributed by atoms with Crippen molar-refractivity contribution >= 4 is 22.9 Å². The number of thiazole rings is 1. The summed E-state index contributed by atoms with van der Waals surface area (Å²) in [5.41, 5.74) is 2.54. The van der Waals surface area contributed by atoms with Gasteiger partial charge in [-0.15, -0.1) is 11.3 Å². The van der Waals surface area contributed by atoms with E-state index >= 15 is 0 Å². The Labute approximate surface area is 98.7 Å². The van der Waals surface area contributed by atoms with Gasteiger partial charge in [0.1, 0.15) is 0 Å². The second-order valence-electron chi connectivity index (χ2n) is 3.75. The molecule has 0 amide bonds. The van der Waals surface area contributed by atoms with Gasteiger partial charge in [-0.05, 0) is 17.0 Å². The molecule has 0 aliphatic rings. The van der Waals surface area contributed by atoms with Gasteiger partial charge in [-0.1, -0.05) is 49.7 Å². The molecule has 15 heavy (non-hydrogen) atoms. The molecule has 0 N–H and O–H groups in total. The molecule has 0 radical (unpaired) electrons. The summed E-state index contributed by atoms with van der Waals surface area (Å²) in [4.78, 5) is 5.16. The minimum atomic E-state index is 0.573. The topological polar surface area (TPSA) is 12.9 Å². The van der Waals surface area contributed by atoms with Crippen molar-refractivity contribution in [3.63, 3.8) is 0 Å². The maximum Gasteiger partial charge on any atom is 0.184 e. The molecule has 0 atom stereocenters. The summed E-state index contributed by atoms with van der Waals surface area (Å²) in [5, 5.41) is 0. The lowest BCUT2D eigenvalue weighted by Gasteiger charge is -2.05. The van der Waals surface area contributed by atoms with Crippen LogP contribution in [0.5, 0.6) is 0 Å². The average molecular weight is 238 g/mol. The van der Waals surface area contributed by atoms with Crippen LogP contribution < -0.4 is 0 Å². The van der Waals surface area contributed by atoms with Crippen LogP contribution in [0.1, 0.15) is 25.3 Å². The Bertz CT molecular complexity index is 445.